The van der Waals surface area contributed by atoms with Crippen molar-refractivity contribution in [2.24, 2.45) is 17.3 Å². The Bertz CT molecular complexity index is 1430. The third-order valence-corrected chi connectivity index (χ3v) is 9.60. The van der Waals surface area contributed by atoms with Gasteiger partial charge in [0.1, 0.15) is 0 Å². The maximum absolute atomic E-state index is 13.3. The average Bonchev–Trinajstić information content (AvgIpc) is 3.61. The van der Waals surface area contributed by atoms with Gasteiger partial charge in [0, 0.05) is 23.1 Å². The Kier molecular flexibility index (Phi) is 6.56. The summed E-state index contributed by atoms with van der Waals surface area (Å²) in [5.41, 5.74) is 4.05. The van der Waals surface area contributed by atoms with Crippen molar-refractivity contribution in [1.29, 1.82) is 0 Å². The number of nitrogens with one attached hydrogen (secondary N) is 1. The van der Waals surface area contributed by atoms with Gasteiger partial charge in [-0.25, -0.2) is 18.1 Å². The van der Waals surface area contributed by atoms with E-state index in [2.05, 4.69) is 14.7 Å². The lowest BCUT2D eigenvalue weighted by molar-refractivity contribution is 0.0842. The summed E-state index contributed by atoms with van der Waals surface area (Å²) < 4.78 is 28.8. The fourth-order valence-corrected chi connectivity index (χ4v) is 6.72. The molecular formula is C29H33N3O4S. The molecule has 2 fully saturated rings. The van der Waals surface area contributed by atoms with Crippen LogP contribution in [0.15, 0.2) is 53.4 Å². The zero-order valence-corrected chi connectivity index (χ0v) is 22.3. The third-order valence-electron chi connectivity index (χ3n) is 8.27. The molecule has 0 radical (unpaired) electrons. The minimum atomic E-state index is -4.10. The zero-order valence-electron chi connectivity index (χ0n) is 21.5. The predicted molar refractivity (Wildman–Crippen MR) is 143 cm³/mol. The highest BCUT2D eigenvalue weighted by molar-refractivity contribution is 7.92. The molecule has 2 saturated carbocycles. The Morgan fingerprint density at radius 2 is 1.65 bits per heavy atom. The van der Waals surface area contributed by atoms with Crippen molar-refractivity contribution in [1.82, 2.24) is 9.97 Å². The van der Waals surface area contributed by atoms with Crippen LogP contribution in [0.1, 0.15) is 66.9 Å². The Hall–Kier alpha value is -3.26. The number of rotatable bonds is 7. The molecule has 0 amide bonds. The number of aryl methyl sites for hydroxylation is 2. The number of carbonyl (C=O) groups is 1. The summed E-state index contributed by atoms with van der Waals surface area (Å²) in [6, 6.07) is 13.3. The van der Waals surface area contributed by atoms with Crippen LogP contribution in [0.3, 0.4) is 0 Å². The van der Waals surface area contributed by atoms with Gasteiger partial charge in [-0.1, -0.05) is 37.3 Å². The molecule has 1 heterocycles. The normalized spacial score (nSPS) is 17.9. The van der Waals surface area contributed by atoms with Crippen LogP contribution < -0.4 is 4.72 Å². The van der Waals surface area contributed by atoms with E-state index in [0.717, 1.165) is 29.5 Å². The van der Waals surface area contributed by atoms with E-state index >= 15 is 0 Å². The van der Waals surface area contributed by atoms with Crippen molar-refractivity contribution in [3.05, 3.63) is 65.2 Å². The van der Waals surface area contributed by atoms with Crippen LogP contribution >= 0.6 is 0 Å². The van der Waals surface area contributed by atoms with Gasteiger partial charge in [0.25, 0.3) is 10.0 Å². The molecule has 2 aromatic carbocycles. The van der Waals surface area contributed by atoms with Gasteiger partial charge >= 0.3 is 0 Å². The largest absolute Gasteiger partial charge is 0.493 e. The van der Waals surface area contributed by atoms with Crippen LogP contribution in [-0.4, -0.2) is 29.3 Å². The van der Waals surface area contributed by atoms with Gasteiger partial charge in [-0.3, -0.25) is 4.79 Å². The zero-order chi connectivity index (χ0) is 26.4. The van der Waals surface area contributed by atoms with Crippen LogP contribution in [0.4, 0.5) is 5.95 Å². The number of hydrogen-bond acceptors (Lipinski definition) is 6. The number of hydrogen-bond donors (Lipinski definition) is 2. The van der Waals surface area contributed by atoms with E-state index in [1.807, 2.05) is 39.0 Å². The van der Waals surface area contributed by atoms with Gasteiger partial charge in [-0.15, -0.1) is 0 Å². The molecule has 0 aliphatic heterocycles. The molecule has 2 aliphatic rings. The number of aromatic hydroxyl groups is 1. The van der Waals surface area contributed by atoms with Crippen molar-refractivity contribution in [2.75, 3.05) is 4.72 Å². The van der Waals surface area contributed by atoms with Gasteiger partial charge in [0.2, 0.25) is 11.8 Å². The summed E-state index contributed by atoms with van der Waals surface area (Å²) in [5.74, 6) is -0.431. The fraction of sp³-hybridized carbons (Fsp3) is 0.414. The van der Waals surface area contributed by atoms with Crippen molar-refractivity contribution in [3.63, 3.8) is 0 Å². The number of anilines is 1. The summed E-state index contributed by atoms with van der Waals surface area (Å²) in [6.45, 7) is 5.81. The van der Waals surface area contributed by atoms with Gasteiger partial charge in [-0.2, -0.15) is 4.98 Å². The van der Waals surface area contributed by atoms with E-state index in [4.69, 9.17) is 0 Å². The number of aromatic nitrogens is 2. The van der Waals surface area contributed by atoms with Gasteiger partial charge < -0.3 is 5.11 Å². The van der Waals surface area contributed by atoms with E-state index in [0.29, 0.717) is 22.6 Å². The van der Waals surface area contributed by atoms with E-state index in [9.17, 15) is 18.3 Å². The lowest BCUT2D eigenvalue weighted by Gasteiger charge is -2.31. The van der Waals surface area contributed by atoms with Crippen LogP contribution in [0.2, 0.25) is 0 Å². The number of ketones is 1. The minimum Gasteiger partial charge on any atom is -0.493 e. The lowest BCUT2D eigenvalue weighted by atomic mass is 9.73. The minimum absolute atomic E-state index is 0.0280. The Morgan fingerprint density at radius 1 is 1.00 bits per heavy atom. The van der Waals surface area contributed by atoms with Crippen molar-refractivity contribution < 1.29 is 18.3 Å². The van der Waals surface area contributed by atoms with Crippen molar-refractivity contribution >= 4 is 21.8 Å². The standard InChI is InChI=1S/C29H33N3O4S/c1-18-6-4-7-19(2)26(18)24-17-25(33)31-28(30-24)32-37(35,36)23-9-5-8-22(16-23)27(34)20(3)21-10-12-29(13-11-21)14-15-29/h4-9,16-17,20-21H,10-15H2,1-3H3,(H2,30,31,32,33). The lowest BCUT2D eigenvalue weighted by Crippen LogP contribution is -2.26. The van der Waals surface area contributed by atoms with E-state index < -0.39 is 10.0 Å². The van der Waals surface area contributed by atoms with E-state index in [-0.39, 0.29) is 28.4 Å². The van der Waals surface area contributed by atoms with Gasteiger partial charge in [0.15, 0.2) is 5.78 Å². The molecule has 3 aromatic rings. The molecule has 1 aromatic heterocycles. The second-order valence-corrected chi connectivity index (χ2v) is 12.5. The van der Waals surface area contributed by atoms with Crippen LogP contribution in [0.25, 0.3) is 11.3 Å². The Labute approximate surface area is 218 Å². The molecule has 2 aliphatic carbocycles. The molecule has 0 bridgehead atoms. The van der Waals surface area contributed by atoms with Crippen LogP contribution in [0.5, 0.6) is 5.88 Å². The molecule has 7 nitrogen and oxygen atoms in total. The van der Waals surface area contributed by atoms with Crippen LogP contribution in [-0.2, 0) is 10.0 Å². The summed E-state index contributed by atoms with van der Waals surface area (Å²) >= 11 is 0. The van der Waals surface area contributed by atoms with E-state index in [1.54, 1.807) is 12.1 Å². The third kappa shape index (κ3) is 5.25. The molecule has 8 heteroatoms. The molecular weight excluding hydrogens is 486 g/mol. The first-order valence-corrected chi connectivity index (χ1v) is 14.4. The molecule has 0 saturated heterocycles. The maximum atomic E-state index is 13.3. The maximum Gasteiger partial charge on any atom is 0.264 e. The first-order valence-electron chi connectivity index (χ1n) is 12.9. The molecule has 5 rings (SSSR count). The molecule has 1 spiro atoms. The highest BCUT2D eigenvalue weighted by Gasteiger charge is 2.46. The second-order valence-electron chi connectivity index (χ2n) is 10.8. The average molecular weight is 520 g/mol. The van der Waals surface area contributed by atoms with Crippen molar-refractivity contribution in [3.8, 4) is 17.1 Å². The smallest absolute Gasteiger partial charge is 0.264 e. The summed E-state index contributed by atoms with van der Waals surface area (Å²) in [6.07, 6.45) is 7.16. The molecule has 2 N–H and O–H groups in total. The molecule has 37 heavy (non-hydrogen) atoms. The van der Waals surface area contributed by atoms with E-state index in [1.165, 1.54) is 43.9 Å². The molecule has 1 atom stereocenters. The number of Topliss-reactive ketones (excluding diaryl/α,β-unsaturated/α-hetero) is 1. The first-order chi connectivity index (χ1) is 17.6. The Balaban J connectivity index is 1.36. The monoisotopic (exact) mass is 519 g/mol. The highest BCUT2D eigenvalue weighted by atomic mass is 32.2. The predicted octanol–water partition coefficient (Wildman–Crippen LogP) is 6.06. The number of sulfonamides is 1. The summed E-state index contributed by atoms with van der Waals surface area (Å²) in [7, 11) is -4.10. The Morgan fingerprint density at radius 3 is 2.30 bits per heavy atom. The number of nitrogens with zero attached hydrogens (tertiary/aromatic N) is 2. The molecule has 1 unspecified atom stereocenters. The quantitative estimate of drug-likeness (QED) is 0.368. The van der Waals surface area contributed by atoms with Gasteiger partial charge in [0.05, 0.1) is 10.6 Å². The second kappa shape index (κ2) is 9.56. The van der Waals surface area contributed by atoms with Crippen molar-refractivity contribution in [2.45, 2.75) is 64.2 Å². The van der Waals surface area contributed by atoms with Gasteiger partial charge in [-0.05, 0) is 87.0 Å². The number of carbonyl (C=O) groups excluding carboxylic acids is 1. The highest BCUT2D eigenvalue weighted by Crippen LogP contribution is 2.58. The SMILES string of the molecule is Cc1cccc(C)c1-c1cc(O)nc(NS(=O)(=O)c2cccc(C(=O)C(C)C3CCC4(CC3)CC4)c2)n1. The summed E-state index contributed by atoms with van der Waals surface area (Å²) in [4.78, 5) is 21.5. The van der Waals surface area contributed by atoms with Crippen LogP contribution in [0, 0.1) is 31.1 Å². The summed E-state index contributed by atoms with van der Waals surface area (Å²) in [5, 5.41) is 10.2. The first kappa shape index (κ1) is 25.4. The number of benzene rings is 2. The molecule has 194 valence electrons. The topological polar surface area (TPSA) is 109 Å². The fourth-order valence-electron chi connectivity index (χ4n) is 5.73.